The number of anilines is 1. The van der Waals surface area contributed by atoms with Crippen LogP contribution in [-0.4, -0.2) is 0 Å². The summed E-state index contributed by atoms with van der Waals surface area (Å²) in [4.78, 5) is 2.46. The Morgan fingerprint density at radius 3 is 2.33 bits per heavy atom. The van der Waals surface area contributed by atoms with Crippen LogP contribution in [-0.2, 0) is 6.42 Å². The number of nitrogens with zero attached hydrogens (tertiary/aromatic N) is 1. The molecule has 1 unspecified atom stereocenters. The van der Waals surface area contributed by atoms with Crippen molar-refractivity contribution in [2.24, 2.45) is 11.3 Å². The van der Waals surface area contributed by atoms with Crippen molar-refractivity contribution in [1.82, 2.24) is 0 Å². The van der Waals surface area contributed by atoms with E-state index in [9.17, 15) is 0 Å². The van der Waals surface area contributed by atoms with Gasteiger partial charge in [-0.05, 0) is 84.4 Å². The maximum absolute atomic E-state index is 2.50. The summed E-state index contributed by atoms with van der Waals surface area (Å²) >= 11 is 0. The minimum Gasteiger partial charge on any atom is -0.317 e. The molecule has 6 rings (SSSR count). The molecule has 1 aliphatic heterocycles. The smallest absolute Gasteiger partial charge is 0.0455 e. The molecule has 2 aromatic rings. The molecule has 1 heteroatoms. The normalized spacial score (nSPS) is 21.5. The largest absolute Gasteiger partial charge is 0.317 e. The van der Waals surface area contributed by atoms with Gasteiger partial charge < -0.3 is 4.90 Å². The van der Waals surface area contributed by atoms with Gasteiger partial charge in [-0.1, -0.05) is 80.1 Å². The summed E-state index contributed by atoms with van der Waals surface area (Å²) in [5, 5.41) is 0. The highest BCUT2D eigenvalue weighted by Crippen LogP contribution is 2.53. The summed E-state index contributed by atoms with van der Waals surface area (Å²) in [7, 11) is 0. The van der Waals surface area contributed by atoms with E-state index in [0.717, 1.165) is 6.42 Å². The Balaban J connectivity index is 1.48. The highest BCUT2D eigenvalue weighted by Gasteiger charge is 2.40. The second-order valence-corrected chi connectivity index (χ2v) is 10.4. The van der Waals surface area contributed by atoms with Crippen LogP contribution in [0.1, 0.15) is 45.7 Å². The van der Waals surface area contributed by atoms with Crippen LogP contribution in [0.15, 0.2) is 118 Å². The predicted octanol–water partition coefficient (Wildman–Crippen LogP) is 8.16. The zero-order valence-corrected chi connectivity index (χ0v) is 20.2. The van der Waals surface area contributed by atoms with Crippen LogP contribution >= 0.6 is 0 Å². The quantitative estimate of drug-likeness (QED) is 0.476. The van der Waals surface area contributed by atoms with Gasteiger partial charge in [0.05, 0.1) is 0 Å². The molecule has 0 aromatic heterocycles. The molecule has 0 spiro atoms. The fourth-order valence-corrected chi connectivity index (χ4v) is 6.27. The lowest BCUT2D eigenvalue weighted by Gasteiger charge is -2.32. The number of allylic oxidation sites excluding steroid dienone is 9. The fourth-order valence-electron chi connectivity index (χ4n) is 6.27. The minimum atomic E-state index is -0.0257. The molecule has 1 nitrogen and oxygen atoms in total. The molecule has 0 fully saturated rings. The van der Waals surface area contributed by atoms with Gasteiger partial charge in [-0.3, -0.25) is 0 Å². The predicted molar refractivity (Wildman–Crippen MR) is 140 cm³/mol. The van der Waals surface area contributed by atoms with Gasteiger partial charge >= 0.3 is 0 Å². The van der Waals surface area contributed by atoms with E-state index >= 15 is 0 Å². The molecule has 4 aliphatic rings. The van der Waals surface area contributed by atoms with Gasteiger partial charge in [0.15, 0.2) is 0 Å². The van der Waals surface area contributed by atoms with E-state index in [-0.39, 0.29) is 5.41 Å². The van der Waals surface area contributed by atoms with Crippen molar-refractivity contribution in [1.29, 1.82) is 0 Å². The first-order valence-corrected chi connectivity index (χ1v) is 12.0. The maximum atomic E-state index is 2.50. The lowest BCUT2D eigenvalue weighted by molar-refractivity contribution is 0.537. The SMILES string of the molecule is CC1=CC2=CC3C(=CC2=C1C(C)(C)C1=Cc2ccccc2C1)N(c1ccccc1)C(C)=C3C. The van der Waals surface area contributed by atoms with E-state index in [1.54, 1.807) is 0 Å². The Kier molecular flexibility index (Phi) is 4.36. The van der Waals surface area contributed by atoms with Gasteiger partial charge in [0, 0.05) is 28.4 Å². The average molecular weight is 430 g/mol. The van der Waals surface area contributed by atoms with Crippen molar-refractivity contribution >= 4 is 11.8 Å². The Labute approximate surface area is 197 Å². The van der Waals surface area contributed by atoms with Crippen LogP contribution in [0, 0.1) is 11.3 Å². The Bertz CT molecular complexity index is 1370. The molecule has 1 atom stereocenters. The second kappa shape index (κ2) is 7.09. The van der Waals surface area contributed by atoms with E-state index in [0.29, 0.717) is 5.92 Å². The van der Waals surface area contributed by atoms with Crippen molar-refractivity contribution in [2.75, 3.05) is 4.90 Å². The van der Waals surface area contributed by atoms with Crippen LogP contribution in [0.5, 0.6) is 0 Å². The lowest BCUT2D eigenvalue weighted by atomic mass is 9.72. The number of hydrogen-bond donors (Lipinski definition) is 0. The van der Waals surface area contributed by atoms with Crippen molar-refractivity contribution < 1.29 is 0 Å². The van der Waals surface area contributed by atoms with E-state index in [1.807, 2.05) is 0 Å². The topological polar surface area (TPSA) is 3.24 Å². The summed E-state index contributed by atoms with van der Waals surface area (Å²) in [5.41, 5.74) is 15.4. The summed E-state index contributed by atoms with van der Waals surface area (Å²) in [6.45, 7) is 11.7. The molecular weight excluding hydrogens is 398 g/mol. The summed E-state index contributed by atoms with van der Waals surface area (Å²) < 4.78 is 0. The van der Waals surface area contributed by atoms with Crippen molar-refractivity contribution in [2.45, 2.75) is 41.0 Å². The molecule has 33 heavy (non-hydrogen) atoms. The van der Waals surface area contributed by atoms with Crippen molar-refractivity contribution in [3.05, 3.63) is 129 Å². The molecule has 3 aliphatic carbocycles. The van der Waals surface area contributed by atoms with Crippen LogP contribution in [0.2, 0.25) is 0 Å². The molecule has 0 radical (unpaired) electrons. The molecule has 0 bridgehead atoms. The first-order valence-electron chi connectivity index (χ1n) is 12.0. The molecule has 164 valence electrons. The number of para-hydroxylation sites is 1. The Morgan fingerprint density at radius 1 is 0.848 bits per heavy atom. The third-order valence-corrected chi connectivity index (χ3v) is 8.14. The van der Waals surface area contributed by atoms with Gasteiger partial charge in [-0.15, -0.1) is 0 Å². The van der Waals surface area contributed by atoms with Gasteiger partial charge in [0.25, 0.3) is 0 Å². The molecule has 0 N–H and O–H groups in total. The van der Waals surface area contributed by atoms with E-state index in [1.165, 1.54) is 61.6 Å². The molecule has 2 aromatic carbocycles. The fraction of sp³-hybridized carbons (Fsp3) is 0.250. The van der Waals surface area contributed by atoms with E-state index < -0.39 is 0 Å². The number of benzene rings is 2. The molecule has 0 saturated carbocycles. The average Bonchev–Trinajstić information content (AvgIpc) is 3.45. The van der Waals surface area contributed by atoms with Crippen LogP contribution in [0.3, 0.4) is 0 Å². The summed E-state index contributed by atoms with van der Waals surface area (Å²) in [6, 6.07) is 19.6. The molecular formula is C32H31N. The second-order valence-electron chi connectivity index (χ2n) is 10.4. The van der Waals surface area contributed by atoms with Crippen LogP contribution < -0.4 is 4.90 Å². The van der Waals surface area contributed by atoms with Crippen LogP contribution in [0.25, 0.3) is 6.08 Å². The Hall–Kier alpha value is -3.32. The number of fused-ring (bicyclic) bond motifs is 3. The number of hydrogen-bond acceptors (Lipinski definition) is 1. The summed E-state index contributed by atoms with van der Waals surface area (Å²) in [5.74, 6) is 0.352. The zero-order chi connectivity index (χ0) is 22.9. The third-order valence-electron chi connectivity index (χ3n) is 8.14. The first-order chi connectivity index (χ1) is 15.9. The molecule has 1 heterocycles. The van der Waals surface area contributed by atoms with Gasteiger partial charge in [-0.25, -0.2) is 0 Å². The highest BCUT2D eigenvalue weighted by atomic mass is 15.2. The highest BCUT2D eigenvalue weighted by molar-refractivity contribution is 5.75. The van der Waals surface area contributed by atoms with Gasteiger partial charge in [0.2, 0.25) is 0 Å². The monoisotopic (exact) mass is 429 g/mol. The maximum Gasteiger partial charge on any atom is 0.0455 e. The standard InChI is InChI=1S/C32H31N/c1-20-15-25-18-28-21(2)22(3)33(27-13-7-6-8-14-27)30(28)19-29(25)31(20)32(4,5)26-16-23-11-9-10-12-24(23)17-26/h6-16,18-19,28H,17H2,1-5H3. The van der Waals surface area contributed by atoms with E-state index in [2.05, 4.69) is 118 Å². The van der Waals surface area contributed by atoms with Gasteiger partial charge in [0.1, 0.15) is 0 Å². The zero-order valence-electron chi connectivity index (χ0n) is 20.2. The van der Waals surface area contributed by atoms with Crippen LogP contribution in [0.4, 0.5) is 5.69 Å². The molecule has 0 amide bonds. The molecule has 0 saturated heterocycles. The Morgan fingerprint density at radius 2 is 1.58 bits per heavy atom. The van der Waals surface area contributed by atoms with E-state index in [4.69, 9.17) is 0 Å². The third kappa shape index (κ3) is 2.92. The van der Waals surface area contributed by atoms with Crippen molar-refractivity contribution in [3.8, 4) is 0 Å². The summed E-state index contributed by atoms with van der Waals surface area (Å²) in [6.07, 6.45) is 10.9. The first kappa shape index (κ1) is 20.3. The van der Waals surface area contributed by atoms with Gasteiger partial charge in [-0.2, -0.15) is 0 Å². The minimum absolute atomic E-state index is 0.0257. The number of rotatable bonds is 3. The van der Waals surface area contributed by atoms with Crippen molar-refractivity contribution in [3.63, 3.8) is 0 Å². The lowest BCUT2D eigenvalue weighted by Crippen LogP contribution is -2.22.